The van der Waals surface area contributed by atoms with Gasteiger partial charge in [-0.3, -0.25) is 5.01 Å². The van der Waals surface area contributed by atoms with E-state index in [1.54, 1.807) is 31.6 Å². The van der Waals surface area contributed by atoms with Gasteiger partial charge < -0.3 is 4.42 Å². The molecule has 0 aliphatic carbocycles. The molecule has 1 aromatic heterocycles. The van der Waals surface area contributed by atoms with Gasteiger partial charge in [0.25, 0.3) is 0 Å². The van der Waals surface area contributed by atoms with Gasteiger partial charge in [-0.15, -0.1) is 0 Å². The van der Waals surface area contributed by atoms with E-state index >= 15 is 0 Å². The second kappa shape index (κ2) is 5.01. The minimum Gasteiger partial charge on any atom is -0.472 e. The van der Waals surface area contributed by atoms with Crippen LogP contribution in [0, 0.1) is 6.92 Å². The molecule has 1 aromatic rings. The van der Waals surface area contributed by atoms with Crippen molar-refractivity contribution < 1.29 is 17.6 Å². The first-order chi connectivity index (χ1) is 10.3. The zero-order chi connectivity index (χ0) is 16.1. The number of halogens is 3. The van der Waals surface area contributed by atoms with Gasteiger partial charge in [0.15, 0.2) is 0 Å². The highest BCUT2D eigenvalue weighted by Gasteiger charge is 2.45. The summed E-state index contributed by atoms with van der Waals surface area (Å²) in [4.78, 5) is 4.47. The van der Waals surface area contributed by atoms with Crippen molar-refractivity contribution in [3.63, 3.8) is 0 Å². The Morgan fingerprint density at radius 2 is 2.00 bits per heavy atom. The molecule has 0 aromatic carbocycles. The number of aliphatic imine (C=N–C) groups is 1. The molecular weight excluding hydrogens is 295 g/mol. The van der Waals surface area contributed by atoms with Crippen LogP contribution in [0.5, 0.6) is 0 Å². The zero-order valence-electron chi connectivity index (χ0n) is 12.5. The van der Waals surface area contributed by atoms with Crippen molar-refractivity contribution in [3.05, 3.63) is 47.3 Å². The molecule has 0 radical (unpaired) electrons. The molecule has 0 N–H and O–H groups in total. The Bertz CT molecular complexity index is 684. The Morgan fingerprint density at radius 1 is 1.27 bits per heavy atom. The maximum atomic E-state index is 13.0. The number of rotatable bonds is 2. The topological polar surface area (TPSA) is 32.0 Å². The van der Waals surface area contributed by atoms with Gasteiger partial charge in [-0.2, -0.15) is 18.2 Å². The standard InChI is InChI=1S/C15H16F3N3O/c1-9-7-22-8-12(9)13-6-10(2)21-14(19-13)4-5-20(21)11(3)15(16,17)18/h4,6-8,11H,5H2,1-3H3/t11-/m1/s1. The smallest absolute Gasteiger partial charge is 0.405 e. The molecule has 22 heavy (non-hydrogen) atoms. The SMILES string of the molecule is CC1=CC(c2cocc2C)=NC2=CCN([C@H](C)C(F)(F)F)N12. The van der Waals surface area contributed by atoms with Crippen LogP contribution in [0.3, 0.4) is 0 Å². The Morgan fingerprint density at radius 3 is 2.59 bits per heavy atom. The number of hydrogen-bond donors (Lipinski definition) is 0. The Hall–Kier alpha value is -2.02. The Kier molecular flexibility index (Phi) is 3.40. The summed E-state index contributed by atoms with van der Waals surface area (Å²) in [5.41, 5.74) is 3.19. The van der Waals surface area contributed by atoms with Crippen LogP contribution in [-0.2, 0) is 0 Å². The normalized spacial score (nSPS) is 20.5. The largest absolute Gasteiger partial charge is 0.472 e. The van der Waals surface area contributed by atoms with Crippen molar-refractivity contribution in [2.75, 3.05) is 6.54 Å². The van der Waals surface area contributed by atoms with Gasteiger partial charge >= 0.3 is 6.18 Å². The van der Waals surface area contributed by atoms with E-state index in [9.17, 15) is 13.2 Å². The van der Waals surface area contributed by atoms with E-state index in [1.807, 2.05) is 6.92 Å². The summed E-state index contributed by atoms with van der Waals surface area (Å²) in [5, 5.41) is 2.79. The summed E-state index contributed by atoms with van der Waals surface area (Å²) < 4.78 is 44.1. The van der Waals surface area contributed by atoms with Crippen molar-refractivity contribution in [3.8, 4) is 0 Å². The fraction of sp³-hybridized carbons (Fsp3) is 0.400. The Balaban J connectivity index is 1.92. The van der Waals surface area contributed by atoms with Crippen LogP contribution in [-0.4, -0.2) is 34.5 Å². The summed E-state index contributed by atoms with van der Waals surface area (Å²) in [6.07, 6.45) is 2.41. The number of aryl methyl sites for hydroxylation is 1. The molecule has 4 nitrogen and oxygen atoms in total. The summed E-state index contributed by atoms with van der Waals surface area (Å²) in [7, 11) is 0. The molecule has 2 aliphatic heterocycles. The van der Waals surface area contributed by atoms with Gasteiger partial charge in [-0.1, -0.05) is 0 Å². The average molecular weight is 311 g/mol. The first-order valence-corrected chi connectivity index (χ1v) is 6.92. The lowest BCUT2D eigenvalue weighted by Gasteiger charge is -2.37. The van der Waals surface area contributed by atoms with Crippen LogP contribution in [0.25, 0.3) is 0 Å². The van der Waals surface area contributed by atoms with Crippen molar-refractivity contribution in [1.82, 2.24) is 10.0 Å². The van der Waals surface area contributed by atoms with E-state index in [1.165, 1.54) is 10.0 Å². The third-order valence-corrected chi connectivity index (χ3v) is 3.90. The van der Waals surface area contributed by atoms with Crippen LogP contribution in [0.1, 0.15) is 25.0 Å². The molecule has 3 heterocycles. The third kappa shape index (κ3) is 2.35. The van der Waals surface area contributed by atoms with Crippen LogP contribution >= 0.6 is 0 Å². The molecule has 0 unspecified atom stereocenters. The maximum absolute atomic E-state index is 13.0. The zero-order valence-corrected chi connectivity index (χ0v) is 12.5. The highest BCUT2D eigenvalue weighted by Crippen LogP contribution is 2.34. The Labute approximate surface area is 126 Å². The summed E-state index contributed by atoms with van der Waals surface area (Å²) >= 11 is 0. The second-order valence-electron chi connectivity index (χ2n) is 5.46. The average Bonchev–Trinajstić information content (AvgIpc) is 3.02. The number of hydrogen-bond acceptors (Lipinski definition) is 4. The summed E-state index contributed by atoms with van der Waals surface area (Å²) in [5.74, 6) is 0.520. The van der Waals surface area contributed by atoms with E-state index in [4.69, 9.17) is 4.42 Å². The molecule has 0 saturated carbocycles. The summed E-state index contributed by atoms with van der Waals surface area (Å²) in [6.45, 7) is 5.02. The molecule has 0 bridgehead atoms. The monoisotopic (exact) mass is 311 g/mol. The van der Waals surface area contributed by atoms with E-state index in [0.29, 0.717) is 17.2 Å². The van der Waals surface area contributed by atoms with Crippen molar-refractivity contribution in [2.45, 2.75) is 33.0 Å². The molecule has 118 valence electrons. The van der Waals surface area contributed by atoms with Crippen LogP contribution in [0.2, 0.25) is 0 Å². The molecule has 1 atom stereocenters. The van der Waals surface area contributed by atoms with Crippen molar-refractivity contribution in [1.29, 1.82) is 0 Å². The highest BCUT2D eigenvalue weighted by molar-refractivity contribution is 6.10. The number of fused-ring (bicyclic) bond motifs is 1. The highest BCUT2D eigenvalue weighted by atomic mass is 19.4. The lowest BCUT2D eigenvalue weighted by Crippen LogP contribution is -2.49. The second-order valence-corrected chi connectivity index (χ2v) is 5.46. The van der Waals surface area contributed by atoms with E-state index in [-0.39, 0.29) is 6.54 Å². The fourth-order valence-electron chi connectivity index (χ4n) is 2.63. The molecule has 7 heteroatoms. The molecule has 3 rings (SSSR count). The van der Waals surface area contributed by atoms with Gasteiger partial charge in [-0.05, 0) is 38.5 Å². The fourth-order valence-corrected chi connectivity index (χ4v) is 2.63. The van der Waals surface area contributed by atoms with Crippen LogP contribution < -0.4 is 0 Å². The van der Waals surface area contributed by atoms with Crippen LogP contribution in [0.4, 0.5) is 13.2 Å². The van der Waals surface area contributed by atoms with E-state index in [0.717, 1.165) is 18.1 Å². The van der Waals surface area contributed by atoms with E-state index in [2.05, 4.69) is 4.99 Å². The van der Waals surface area contributed by atoms with Gasteiger partial charge in [-0.25, -0.2) is 4.99 Å². The van der Waals surface area contributed by atoms with Crippen LogP contribution in [0.15, 0.2) is 45.6 Å². The minimum atomic E-state index is -4.28. The van der Waals surface area contributed by atoms with Crippen molar-refractivity contribution in [2.24, 2.45) is 4.99 Å². The maximum Gasteiger partial charge on any atom is 0.405 e. The first kappa shape index (κ1) is 14.9. The number of nitrogens with zero attached hydrogens (tertiary/aromatic N) is 3. The quantitative estimate of drug-likeness (QED) is 0.836. The number of allylic oxidation sites excluding steroid dienone is 2. The molecule has 0 spiro atoms. The first-order valence-electron chi connectivity index (χ1n) is 6.92. The number of alkyl halides is 3. The predicted molar refractivity (Wildman–Crippen MR) is 75.9 cm³/mol. The minimum absolute atomic E-state index is 0.183. The third-order valence-electron chi connectivity index (χ3n) is 3.90. The summed E-state index contributed by atoms with van der Waals surface area (Å²) in [6, 6.07) is -1.57. The van der Waals surface area contributed by atoms with Gasteiger partial charge in [0.05, 0.1) is 18.2 Å². The lowest BCUT2D eigenvalue weighted by molar-refractivity contribution is -0.201. The lowest BCUT2D eigenvalue weighted by atomic mass is 10.1. The van der Waals surface area contributed by atoms with E-state index < -0.39 is 12.2 Å². The molecular formula is C15H16F3N3O. The van der Waals surface area contributed by atoms with Gasteiger partial charge in [0, 0.05) is 17.8 Å². The predicted octanol–water partition coefficient (Wildman–Crippen LogP) is 3.62. The molecule has 0 saturated heterocycles. The molecule has 2 aliphatic rings. The number of hydrazine groups is 1. The molecule has 0 amide bonds. The molecule has 0 fully saturated rings. The van der Waals surface area contributed by atoms with Gasteiger partial charge in [0.1, 0.15) is 11.9 Å². The number of furan rings is 1. The van der Waals surface area contributed by atoms with Crippen molar-refractivity contribution >= 4 is 5.71 Å². The van der Waals surface area contributed by atoms with Gasteiger partial charge in [0.2, 0.25) is 0 Å².